The maximum absolute atomic E-state index is 13.6. The average Bonchev–Trinajstić information content (AvgIpc) is 2.61. The van der Waals surface area contributed by atoms with Crippen LogP contribution in [0.3, 0.4) is 0 Å². The van der Waals surface area contributed by atoms with Crippen LogP contribution in [0, 0.1) is 11.6 Å². The van der Waals surface area contributed by atoms with Crippen molar-refractivity contribution < 1.29 is 22.0 Å². The van der Waals surface area contributed by atoms with Crippen molar-refractivity contribution in [1.29, 1.82) is 0 Å². The quantitative estimate of drug-likeness (QED) is 0.741. The summed E-state index contributed by atoms with van der Waals surface area (Å²) in [5.74, 6) is -2.43. The van der Waals surface area contributed by atoms with Gasteiger partial charge in [-0.2, -0.15) is 0 Å². The molecule has 2 aromatic carbocycles. The number of carbonyl (C=O) groups excluding carboxylic acids is 1. The van der Waals surface area contributed by atoms with E-state index in [1.54, 1.807) is 24.3 Å². The number of benzene rings is 2. The first kappa shape index (κ1) is 18.6. The fraction of sp³-hybridized carbons (Fsp3) is 0.0556. The van der Waals surface area contributed by atoms with Crippen LogP contribution in [0.25, 0.3) is 11.3 Å². The summed E-state index contributed by atoms with van der Waals surface area (Å²) in [6.45, 7) is 0. The van der Waals surface area contributed by atoms with Gasteiger partial charge in [-0.15, -0.1) is 10.2 Å². The lowest BCUT2D eigenvalue weighted by Crippen LogP contribution is -2.13. The molecule has 6 nitrogen and oxygen atoms in total. The third-order valence-electron chi connectivity index (χ3n) is 3.63. The summed E-state index contributed by atoms with van der Waals surface area (Å²) in [4.78, 5) is 12.1. The topological polar surface area (TPSA) is 89.0 Å². The minimum Gasteiger partial charge on any atom is -0.322 e. The molecule has 0 aliphatic carbocycles. The van der Waals surface area contributed by atoms with Crippen LogP contribution < -0.4 is 5.32 Å². The van der Waals surface area contributed by atoms with Gasteiger partial charge in [0.15, 0.2) is 14.9 Å². The van der Waals surface area contributed by atoms with Crippen LogP contribution >= 0.6 is 0 Å². The molecule has 0 aliphatic heterocycles. The first-order valence-corrected chi connectivity index (χ1v) is 9.54. The normalized spacial score (nSPS) is 11.2. The summed E-state index contributed by atoms with van der Waals surface area (Å²) in [5, 5.41) is 9.93. The second-order valence-electron chi connectivity index (χ2n) is 5.68. The molecule has 0 atom stereocenters. The van der Waals surface area contributed by atoms with Gasteiger partial charge in [0.05, 0.1) is 11.3 Å². The predicted molar refractivity (Wildman–Crippen MR) is 94.9 cm³/mol. The summed E-state index contributed by atoms with van der Waals surface area (Å²) < 4.78 is 49.4. The maximum Gasteiger partial charge on any atom is 0.258 e. The van der Waals surface area contributed by atoms with Crippen LogP contribution in [0.4, 0.5) is 14.5 Å². The smallest absolute Gasteiger partial charge is 0.258 e. The fourth-order valence-corrected chi connectivity index (χ4v) is 2.77. The van der Waals surface area contributed by atoms with Crippen molar-refractivity contribution in [3.8, 4) is 11.3 Å². The Balaban J connectivity index is 1.76. The molecule has 0 fully saturated rings. The van der Waals surface area contributed by atoms with Gasteiger partial charge in [0, 0.05) is 23.6 Å². The Bertz CT molecular complexity index is 1100. The van der Waals surface area contributed by atoms with E-state index in [1.165, 1.54) is 12.1 Å². The van der Waals surface area contributed by atoms with Gasteiger partial charge in [-0.1, -0.05) is 12.1 Å². The Morgan fingerprint density at radius 3 is 2.22 bits per heavy atom. The van der Waals surface area contributed by atoms with Gasteiger partial charge in [-0.3, -0.25) is 4.79 Å². The third kappa shape index (κ3) is 4.32. The molecule has 0 radical (unpaired) electrons. The number of carbonyl (C=O) groups is 1. The number of sulfone groups is 1. The summed E-state index contributed by atoms with van der Waals surface area (Å²) in [7, 11) is -3.43. The molecule has 1 aromatic heterocycles. The molecule has 1 N–H and O–H groups in total. The number of anilines is 1. The monoisotopic (exact) mass is 389 g/mol. The van der Waals surface area contributed by atoms with Crippen molar-refractivity contribution in [2.45, 2.75) is 5.03 Å². The lowest BCUT2D eigenvalue weighted by molar-refractivity contribution is 0.102. The zero-order valence-corrected chi connectivity index (χ0v) is 14.8. The average molecular weight is 389 g/mol. The fourth-order valence-electron chi connectivity index (χ4n) is 2.27. The summed E-state index contributed by atoms with van der Waals surface area (Å²) >= 11 is 0. The zero-order valence-electron chi connectivity index (χ0n) is 14.0. The zero-order chi connectivity index (χ0) is 19.6. The highest BCUT2D eigenvalue weighted by molar-refractivity contribution is 7.90. The van der Waals surface area contributed by atoms with Crippen molar-refractivity contribution in [1.82, 2.24) is 10.2 Å². The Kier molecular flexibility index (Phi) is 4.95. The number of aromatic nitrogens is 2. The first-order valence-electron chi connectivity index (χ1n) is 7.65. The van der Waals surface area contributed by atoms with Gasteiger partial charge >= 0.3 is 0 Å². The Labute approximate surface area is 153 Å². The van der Waals surface area contributed by atoms with Crippen molar-refractivity contribution in [3.63, 3.8) is 0 Å². The van der Waals surface area contributed by atoms with E-state index >= 15 is 0 Å². The van der Waals surface area contributed by atoms with E-state index in [-0.39, 0.29) is 10.6 Å². The Morgan fingerprint density at radius 1 is 0.963 bits per heavy atom. The number of amides is 1. The predicted octanol–water partition coefficient (Wildman–Crippen LogP) is 3.08. The lowest BCUT2D eigenvalue weighted by Gasteiger charge is -2.07. The van der Waals surface area contributed by atoms with E-state index in [4.69, 9.17) is 0 Å². The van der Waals surface area contributed by atoms with Gasteiger partial charge in [-0.25, -0.2) is 17.2 Å². The molecule has 27 heavy (non-hydrogen) atoms. The van der Waals surface area contributed by atoms with E-state index in [2.05, 4.69) is 15.5 Å². The lowest BCUT2D eigenvalue weighted by atomic mass is 10.1. The molecular formula is C18H13F2N3O3S. The molecule has 0 saturated carbocycles. The second-order valence-corrected chi connectivity index (χ2v) is 7.65. The maximum atomic E-state index is 13.6. The van der Waals surface area contributed by atoms with E-state index in [0.29, 0.717) is 23.0 Å². The summed E-state index contributed by atoms with van der Waals surface area (Å²) in [5.41, 5.74) is 1.22. The van der Waals surface area contributed by atoms with E-state index in [1.807, 2.05) is 0 Å². The van der Waals surface area contributed by atoms with Crippen molar-refractivity contribution in [2.75, 3.05) is 11.6 Å². The second kappa shape index (κ2) is 7.20. The van der Waals surface area contributed by atoms with E-state index in [0.717, 1.165) is 18.4 Å². The van der Waals surface area contributed by atoms with E-state index < -0.39 is 27.4 Å². The molecule has 0 bridgehead atoms. The van der Waals surface area contributed by atoms with Crippen LogP contribution in [0.15, 0.2) is 59.6 Å². The van der Waals surface area contributed by atoms with Crippen LogP contribution in [0.2, 0.25) is 0 Å². The van der Waals surface area contributed by atoms with Crippen molar-refractivity contribution >= 4 is 21.4 Å². The molecule has 138 valence electrons. The standard InChI is InChI=1S/C18H13F2N3O3S/c1-27(25,26)17-9-8-16(22-23-17)11-2-5-13(6-3-11)21-18(24)14-7-4-12(19)10-15(14)20/h2-10H,1H3,(H,21,24). The molecule has 9 heteroatoms. The number of nitrogens with zero attached hydrogens (tertiary/aromatic N) is 2. The van der Waals surface area contributed by atoms with Gasteiger partial charge in [0.25, 0.3) is 5.91 Å². The van der Waals surface area contributed by atoms with Crippen LogP contribution in [0.5, 0.6) is 0 Å². The Morgan fingerprint density at radius 2 is 1.67 bits per heavy atom. The number of rotatable bonds is 4. The molecule has 0 spiro atoms. The van der Waals surface area contributed by atoms with Gasteiger partial charge in [-0.05, 0) is 36.4 Å². The van der Waals surface area contributed by atoms with Crippen LogP contribution in [-0.2, 0) is 9.84 Å². The SMILES string of the molecule is CS(=O)(=O)c1ccc(-c2ccc(NC(=O)c3ccc(F)cc3F)cc2)nn1. The van der Waals surface area contributed by atoms with Gasteiger partial charge in [0.2, 0.25) is 0 Å². The summed E-state index contributed by atoms with van der Waals surface area (Å²) in [6, 6.07) is 12.0. The number of nitrogens with one attached hydrogen (secondary N) is 1. The Hall–Kier alpha value is -3.20. The molecule has 0 unspecified atom stereocenters. The molecule has 3 rings (SSSR count). The van der Waals surface area contributed by atoms with E-state index in [9.17, 15) is 22.0 Å². The van der Waals surface area contributed by atoms with Crippen molar-refractivity contribution in [3.05, 3.63) is 71.8 Å². The molecular weight excluding hydrogens is 376 g/mol. The number of halogens is 2. The minimum atomic E-state index is -3.43. The molecule has 1 amide bonds. The van der Waals surface area contributed by atoms with Gasteiger partial charge < -0.3 is 5.32 Å². The summed E-state index contributed by atoms with van der Waals surface area (Å²) in [6.07, 6.45) is 1.04. The first-order chi connectivity index (χ1) is 12.7. The van der Waals surface area contributed by atoms with Crippen molar-refractivity contribution in [2.24, 2.45) is 0 Å². The third-order valence-corrected chi connectivity index (χ3v) is 4.61. The minimum absolute atomic E-state index is 0.128. The number of hydrogen-bond donors (Lipinski definition) is 1. The van der Waals surface area contributed by atoms with Gasteiger partial charge in [0.1, 0.15) is 11.6 Å². The molecule has 0 aliphatic rings. The van der Waals surface area contributed by atoms with Crippen LogP contribution in [0.1, 0.15) is 10.4 Å². The van der Waals surface area contributed by atoms with Crippen LogP contribution in [-0.4, -0.2) is 30.8 Å². The highest BCUT2D eigenvalue weighted by atomic mass is 32.2. The highest BCUT2D eigenvalue weighted by Crippen LogP contribution is 2.20. The molecule has 1 heterocycles. The molecule has 0 saturated heterocycles. The largest absolute Gasteiger partial charge is 0.322 e. The highest BCUT2D eigenvalue weighted by Gasteiger charge is 2.13. The molecule has 3 aromatic rings. The number of hydrogen-bond acceptors (Lipinski definition) is 5.